The van der Waals surface area contributed by atoms with Gasteiger partial charge in [0.05, 0.1) is 0 Å². The Labute approximate surface area is 126 Å². The van der Waals surface area contributed by atoms with E-state index in [1.165, 1.54) is 50.3 Å². The van der Waals surface area contributed by atoms with Crippen molar-refractivity contribution < 1.29 is 9.90 Å². The first-order chi connectivity index (χ1) is 10.2. The normalized spacial score (nSPS) is 26.1. The number of carboxylic acid groups (broad SMARTS) is 1. The van der Waals surface area contributed by atoms with Crippen LogP contribution in [0.1, 0.15) is 43.2 Å². The molecule has 3 nitrogen and oxygen atoms in total. The van der Waals surface area contributed by atoms with Crippen LogP contribution in [0.25, 0.3) is 6.08 Å². The first-order valence-corrected chi connectivity index (χ1v) is 7.97. The maximum atomic E-state index is 10.7. The Bertz CT molecular complexity index is 538. The zero-order chi connectivity index (χ0) is 14.7. The molecule has 2 atom stereocenters. The number of benzene rings is 1. The second-order valence-corrected chi connectivity index (χ2v) is 6.24. The zero-order valence-corrected chi connectivity index (χ0v) is 12.4. The number of carboxylic acids is 1. The van der Waals surface area contributed by atoms with Crippen molar-refractivity contribution in [3.05, 3.63) is 41.5 Å². The smallest absolute Gasteiger partial charge is 0.328 e. The van der Waals surface area contributed by atoms with Crippen LogP contribution in [-0.4, -0.2) is 28.6 Å². The quantitative estimate of drug-likeness (QED) is 0.860. The fourth-order valence-corrected chi connectivity index (χ4v) is 3.92. The van der Waals surface area contributed by atoms with Crippen molar-refractivity contribution in [3.63, 3.8) is 0 Å². The van der Waals surface area contributed by atoms with E-state index in [4.69, 9.17) is 5.11 Å². The minimum Gasteiger partial charge on any atom is -0.478 e. The van der Waals surface area contributed by atoms with Gasteiger partial charge in [-0.3, -0.25) is 4.90 Å². The van der Waals surface area contributed by atoms with Gasteiger partial charge in [0.1, 0.15) is 0 Å². The lowest BCUT2D eigenvalue weighted by Gasteiger charge is -2.32. The fourth-order valence-electron chi connectivity index (χ4n) is 3.92. The minimum absolute atomic E-state index is 0.746. The number of likely N-dealkylation sites (tertiary alicyclic amines) is 1. The number of fused-ring (bicyclic) bond motifs is 1. The first-order valence-electron chi connectivity index (χ1n) is 7.97. The lowest BCUT2D eigenvalue weighted by Crippen LogP contribution is -2.34. The van der Waals surface area contributed by atoms with Gasteiger partial charge < -0.3 is 5.11 Å². The molecule has 1 saturated heterocycles. The van der Waals surface area contributed by atoms with Crippen LogP contribution in [0, 0.1) is 5.92 Å². The highest BCUT2D eigenvalue weighted by Crippen LogP contribution is 2.37. The molecule has 3 rings (SSSR count). The average molecular weight is 285 g/mol. The van der Waals surface area contributed by atoms with Gasteiger partial charge in [0.2, 0.25) is 0 Å². The molecule has 1 aromatic carbocycles. The Morgan fingerprint density at radius 1 is 1.24 bits per heavy atom. The summed E-state index contributed by atoms with van der Waals surface area (Å²) in [4.78, 5) is 13.3. The Balaban J connectivity index is 1.74. The summed E-state index contributed by atoms with van der Waals surface area (Å²) in [5, 5.41) is 8.81. The zero-order valence-electron chi connectivity index (χ0n) is 12.4. The third kappa shape index (κ3) is 3.35. The molecule has 0 amide bonds. The second-order valence-electron chi connectivity index (χ2n) is 6.24. The highest BCUT2D eigenvalue weighted by Gasteiger charge is 2.35. The molecule has 1 N–H and O–H groups in total. The van der Waals surface area contributed by atoms with E-state index in [9.17, 15) is 4.79 Å². The molecule has 2 fully saturated rings. The van der Waals surface area contributed by atoms with E-state index in [1.54, 1.807) is 6.08 Å². The molecule has 0 bridgehead atoms. The highest BCUT2D eigenvalue weighted by atomic mass is 16.4. The van der Waals surface area contributed by atoms with Gasteiger partial charge in [-0.2, -0.15) is 0 Å². The van der Waals surface area contributed by atoms with Gasteiger partial charge in [0.25, 0.3) is 0 Å². The van der Waals surface area contributed by atoms with Crippen molar-refractivity contribution in [1.82, 2.24) is 4.90 Å². The molecule has 1 saturated carbocycles. The summed E-state index contributed by atoms with van der Waals surface area (Å²) in [6.07, 6.45) is 9.75. The maximum Gasteiger partial charge on any atom is 0.328 e. The summed E-state index contributed by atoms with van der Waals surface area (Å²) in [5.74, 6) is -0.00112. The molecule has 1 aliphatic heterocycles. The maximum absolute atomic E-state index is 10.7. The number of nitrogens with zero attached hydrogens (tertiary/aromatic N) is 1. The van der Waals surface area contributed by atoms with Crippen molar-refractivity contribution in [2.24, 2.45) is 5.92 Å². The first kappa shape index (κ1) is 14.3. The topological polar surface area (TPSA) is 40.5 Å². The van der Waals surface area contributed by atoms with E-state index in [1.807, 2.05) is 18.2 Å². The van der Waals surface area contributed by atoms with E-state index in [0.717, 1.165) is 24.1 Å². The monoisotopic (exact) mass is 285 g/mol. The van der Waals surface area contributed by atoms with Gasteiger partial charge in [-0.05, 0) is 48.9 Å². The molecule has 3 heteroatoms. The Hall–Kier alpha value is -1.61. The van der Waals surface area contributed by atoms with Crippen LogP contribution < -0.4 is 0 Å². The van der Waals surface area contributed by atoms with Crippen LogP contribution in [0.5, 0.6) is 0 Å². The molecule has 112 valence electrons. The number of hydrogen-bond acceptors (Lipinski definition) is 2. The summed E-state index contributed by atoms with van der Waals surface area (Å²) in [7, 11) is 0. The standard InChI is InChI=1S/C18H23NO2/c20-18(21)10-9-14-5-1-2-7-16(14)13-19-12-11-15-6-3-4-8-17(15)19/h1-2,5,7,9-10,15,17H,3-4,6,8,11-13H2,(H,20,21)/b10-9+. The second kappa shape index (κ2) is 6.44. The molecule has 0 spiro atoms. The molecular formula is C18H23NO2. The molecule has 1 aromatic rings. The molecular weight excluding hydrogens is 262 g/mol. The van der Waals surface area contributed by atoms with Crippen LogP contribution in [0.2, 0.25) is 0 Å². The van der Waals surface area contributed by atoms with Crippen molar-refractivity contribution in [1.29, 1.82) is 0 Å². The number of aliphatic carboxylic acids is 1. The van der Waals surface area contributed by atoms with Gasteiger partial charge >= 0.3 is 5.97 Å². The van der Waals surface area contributed by atoms with E-state index in [0.29, 0.717) is 0 Å². The Morgan fingerprint density at radius 2 is 2.05 bits per heavy atom. The van der Waals surface area contributed by atoms with E-state index in [2.05, 4.69) is 11.0 Å². The molecule has 21 heavy (non-hydrogen) atoms. The molecule has 0 radical (unpaired) electrons. The number of rotatable bonds is 4. The predicted octanol–water partition coefficient (Wildman–Crippen LogP) is 3.55. The van der Waals surface area contributed by atoms with Gasteiger partial charge in [-0.1, -0.05) is 37.1 Å². The van der Waals surface area contributed by atoms with Crippen LogP contribution in [0.3, 0.4) is 0 Å². The third-order valence-corrected chi connectivity index (χ3v) is 4.96. The van der Waals surface area contributed by atoms with Crippen molar-refractivity contribution in [2.75, 3.05) is 6.54 Å². The van der Waals surface area contributed by atoms with Crippen LogP contribution in [0.15, 0.2) is 30.3 Å². The van der Waals surface area contributed by atoms with Gasteiger partial charge in [-0.15, -0.1) is 0 Å². The summed E-state index contributed by atoms with van der Waals surface area (Å²) in [6.45, 7) is 2.13. The Kier molecular flexibility index (Phi) is 4.39. The van der Waals surface area contributed by atoms with E-state index >= 15 is 0 Å². The summed E-state index contributed by atoms with van der Waals surface area (Å²) in [5.41, 5.74) is 2.26. The summed E-state index contributed by atoms with van der Waals surface area (Å²) < 4.78 is 0. The van der Waals surface area contributed by atoms with Crippen LogP contribution in [0.4, 0.5) is 0 Å². The van der Waals surface area contributed by atoms with Crippen LogP contribution in [-0.2, 0) is 11.3 Å². The van der Waals surface area contributed by atoms with Gasteiger partial charge in [0, 0.05) is 18.7 Å². The highest BCUT2D eigenvalue weighted by molar-refractivity contribution is 5.85. The molecule has 0 aromatic heterocycles. The SMILES string of the molecule is O=C(O)/C=C/c1ccccc1CN1CCC2CCCCC21. The van der Waals surface area contributed by atoms with Crippen molar-refractivity contribution in [3.8, 4) is 0 Å². The number of carbonyl (C=O) groups is 1. The molecule has 1 aliphatic carbocycles. The van der Waals surface area contributed by atoms with E-state index in [-0.39, 0.29) is 0 Å². The predicted molar refractivity (Wildman–Crippen MR) is 83.9 cm³/mol. The van der Waals surface area contributed by atoms with Crippen molar-refractivity contribution >= 4 is 12.0 Å². The van der Waals surface area contributed by atoms with Gasteiger partial charge in [-0.25, -0.2) is 4.79 Å². The Morgan fingerprint density at radius 3 is 2.90 bits per heavy atom. The summed E-state index contributed by atoms with van der Waals surface area (Å²) >= 11 is 0. The lowest BCUT2D eigenvalue weighted by molar-refractivity contribution is -0.131. The lowest BCUT2D eigenvalue weighted by atomic mass is 9.85. The molecule has 1 heterocycles. The van der Waals surface area contributed by atoms with Crippen LogP contribution >= 0.6 is 0 Å². The van der Waals surface area contributed by atoms with Gasteiger partial charge in [0.15, 0.2) is 0 Å². The minimum atomic E-state index is -0.890. The molecule has 2 unspecified atom stereocenters. The average Bonchev–Trinajstić information content (AvgIpc) is 2.90. The van der Waals surface area contributed by atoms with Crippen molar-refractivity contribution in [2.45, 2.75) is 44.7 Å². The molecule has 2 aliphatic rings. The van der Waals surface area contributed by atoms with E-state index < -0.39 is 5.97 Å². The third-order valence-electron chi connectivity index (χ3n) is 4.96. The fraction of sp³-hybridized carbons (Fsp3) is 0.500. The summed E-state index contributed by atoms with van der Waals surface area (Å²) in [6, 6.07) is 8.89. The largest absolute Gasteiger partial charge is 0.478 e. The number of hydrogen-bond donors (Lipinski definition) is 1.